The molecule has 0 bridgehead atoms. The number of sulfonamides is 1. The van der Waals surface area contributed by atoms with Crippen LogP contribution in [0.2, 0.25) is 0 Å². The summed E-state index contributed by atoms with van der Waals surface area (Å²) >= 11 is 1.06. The monoisotopic (exact) mass is 507 g/mol. The summed E-state index contributed by atoms with van der Waals surface area (Å²) in [4.78, 5) is 17.1. The van der Waals surface area contributed by atoms with Crippen LogP contribution >= 0.6 is 11.8 Å². The Balaban J connectivity index is 1.68. The Morgan fingerprint density at radius 2 is 1.77 bits per heavy atom. The van der Waals surface area contributed by atoms with Crippen molar-refractivity contribution in [3.05, 3.63) is 95.1 Å². The molecule has 0 aromatic heterocycles. The SMILES string of the molecule is C=CCN1C(=O)/C(=C/C=C2/N(C)c3ccccc3C2(C)C)S/C1=N\S(=O)(=O)c1ccc(CC)cc1. The molecule has 2 aromatic carbocycles. The number of benzene rings is 2. The van der Waals surface area contributed by atoms with Crippen molar-refractivity contribution in [2.45, 2.75) is 37.5 Å². The van der Waals surface area contributed by atoms with Crippen molar-refractivity contribution in [1.29, 1.82) is 0 Å². The summed E-state index contributed by atoms with van der Waals surface area (Å²) in [5.41, 5.74) is 4.19. The van der Waals surface area contributed by atoms with E-state index in [-0.39, 0.29) is 27.9 Å². The number of amidine groups is 1. The van der Waals surface area contributed by atoms with E-state index in [2.05, 4.69) is 41.9 Å². The van der Waals surface area contributed by atoms with Gasteiger partial charge in [-0.25, -0.2) is 0 Å². The molecule has 0 atom stereocenters. The first-order valence-electron chi connectivity index (χ1n) is 11.4. The minimum Gasteiger partial charge on any atom is -0.347 e. The number of likely N-dealkylation sites (N-methyl/N-ethyl adjacent to an activating group) is 1. The molecule has 0 radical (unpaired) electrons. The van der Waals surface area contributed by atoms with E-state index in [1.807, 2.05) is 32.2 Å². The van der Waals surface area contributed by atoms with Gasteiger partial charge in [0.15, 0.2) is 5.17 Å². The highest BCUT2D eigenvalue weighted by molar-refractivity contribution is 8.19. The molecule has 4 rings (SSSR count). The highest BCUT2D eigenvalue weighted by Gasteiger charge is 2.38. The fourth-order valence-electron chi connectivity index (χ4n) is 4.39. The first-order valence-corrected chi connectivity index (χ1v) is 13.7. The largest absolute Gasteiger partial charge is 0.347 e. The van der Waals surface area contributed by atoms with Crippen LogP contribution in [-0.4, -0.2) is 38.0 Å². The number of anilines is 1. The van der Waals surface area contributed by atoms with Crippen LogP contribution in [0.3, 0.4) is 0 Å². The Hall–Kier alpha value is -3.10. The van der Waals surface area contributed by atoms with Crippen LogP contribution in [0.15, 0.2) is 93.2 Å². The number of hydrogen-bond donors (Lipinski definition) is 0. The van der Waals surface area contributed by atoms with Crippen molar-refractivity contribution in [2.75, 3.05) is 18.5 Å². The number of carbonyl (C=O) groups is 1. The first kappa shape index (κ1) is 25.0. The van der Waals surface area contributed by atoms with Crippen molar-refractivity contribution in [3.8, 4) is 0 Å². The second kappa shape index (κ2) is 9.51. The Bertz CT molecular complexity index is 1370. The molecule has 2 aliphatic rings. The van der Waals surface area contributed by atoms with Crippen molar-refractivity contribution in [3.63, 3.8) is 0 Å². The molecule has 1 saturated heterocycles. The Labute approximate surface area is 211 Å². The van der Waals surface area contributed by atoms with Gasteiger partial charge in [0.2, 0.25) is 0 Å². The molecule has 0 spiro atoms. The van der Waals surface area contributed by atoms with Crippen LogP contribution in [-0.2, 0) is 26.7 Å². The molecule has 1 amide bonds. The number of fused-ring (bicyclic) bond motifs is 1. The van der Waals surface area contributed by atoms with Gasteiger partial charge in [-0.05, 0) is 59.7 Å². The molecule has 0 aliphatic carbocycles. The normalized spacial score (nSPS) is 20.8. The quantitative estimate of drug-likeness (QED) is 0.395. The molecule has 0 unspecified atom stereocenters. The average Bonchev–Trinajstić information content (AvgIpc) is 3.22. The van der Waals surface area contributed by atoms with Crippen LogP contribution in [0.1, 0.15) is 31.9 Å². The predicted molar refractivity (Wildman–Crippen MR) is 144 cm³/mol. The number of carbonyl (C=O) groups excluding carboxylic acids is 1. The van der Waals surface area contributed by atoms with Crippen molar-refractivity contribution in [1.82, 2.24) is 4.90 Å². The third-order valence-corrected chi connectivity index (χ3v) is 8.78. The van der Waals surface area contributed by atoms with E-state index in [9.17, 15) is 13.2 Å². The lowest BCUT2D eigenvalue weighted by atomic mass is 9.84. The summed E-state index contributed by atoms with van der Waals surface area (Å²) in [6.45, 7) is 10.2. The molecule has 8 heteroatoms. The van der Waals surface area contributed by atoms with Gasteiger partial charge in [0.05, 0.1) is 9.80 Å². The number of thioether (sulfide) groups is 1. The van der Waals surface area contributed by atoms with Crippen LogP contribution in [0.5, 0.6) is 0 Å². The summed E-state index contributed by atoms with van der Waals surface area (Å²) in [6, 6.07) is 14.9. The van der Waals surface area contributed by atoms with Gasteiger partial charge in [0.25, 0.3) is 15.9 Å². The zero-order valence-electron chi connectivity index (χ0n) is 20.4. The van der Waals surface area contributed by atoms with E-state index < -0.39 is 10.0 Å². The number of aryl methyl sites for hydroxylation is 1. The number of nitrogens with zero attached hydrogens (tertiary/aromatic N) is 3. The molecule has 0 N–H and O–H groups in total. The second-order valence-electron chi connectivity index (χ2n) is 8.94. The van der Waals surface area contributed by atoms with Crippen molar-refractivity contribution >= 4 is 38.5 Å². The maximum absolute atomic E-state index is 13.1. The van der Waals surface area contributed by atoms with Gasteiger partial charge in [-0.2, -0.15) is 8.42 Å². The van der Waals surface area contributed by atoms with Crippen LogP contribution in [0.4, 0.5) is 5.69 Å². The van der Waals surface area contributed by atoms with Crippen molar-refractivity contribution < 1.29 is 13.2 Å². The molecule has 2 aliphatic heterocycles. The molecule has 1 fully saturated rings. The van der Waals surface area contributed by atoms with E-state index in [1.54, 1.807) is 36.4 Å². The van der Waals surface area contributed by atoms with E-state index in [4.69, 9.17) is 0 Å². The van der Waals surface area contributed by atoms with E-state index >= 15 is 0 Å². The lowest BCUT2D eigenvalue weighted by Crippen LogP contribution is -2.29. The zero-order chi connectivity index (χ0) is 25.4. The smallest absolute Gasteiger partial charge is 0.284 e. The number of para-hydroxylation sites is 1. The molecule has 35 heavy (non-hydrogen) atoms. The van der Waals surface area contributed by atoms with Crippen LogP contribution in [0.25, 0.3) is 0 Å². The lowest BCUT2D eigenvalue weighted by molar-refractivity contribution is -0.121. The van der Waals surface area contributed by atoms with E-state index in [1.165, 1.54) is 10.5 Å². The van der Waals surface area contributed by atoms with Gasteiger partial charge in [0, 0.05) is 30.4 Å². The Kier molecular flexibility index (Phi) is 6.79. The number of rotatable bonds is 6. The molecule has 2 heterocycles. The predicted octanol–water partition coefficient (Wildman–Crippen LogP) is 5.25. The topological polar surface area (TPSA) is 70.1 Å². The van der Waals surface area contributed by atoms with E-state index in [0.717, 1.165) is 35.1 Å². The summed E-state index contributed by atoms with van der Waals surface area (Å²) in [6.07, 6.45) is 6.07. The highest BCUT2D eigenvalue weighted by Crippen LogP contribution is 2.46. The zero-order valence-corrected chi connectivity index (χ0v) is 22.0. The molecule has 6 nitrogen and oxygen atoms in total. The third-order valence-electron chi connectivity index (χ3n) is 6.36. The Morgan fingerprint density at radius 3 is 2.40 bits per heavy atom. The maximum atomic E-state index is 13.1. The van der Waals surface area contributed by atoms with Gasteiger partial charge in [0.1, 0.15) is 0 Å². The van der Waals surface area contributed by atoms with Crippen LogP contribution < -0.4 is 4.90 Å². The molecular formula is C27H29N3O3S2. The minimum absolute atomic E-state index is 0.0976. The van der Waals surface area contributed by atoms with Gasteiger partial charge < -0.3 is 4.90 Å². The summed E-state index contributed by atoms with van der Waals surface area (Å²) < 4.78 is 30.0. The van der Waals surface area contributed by atoms with Crippen LogP contribution in [0, 0.1) is 0 Å². The fourth-order valence-corrected chi connectivity index (χ4v) is 6.52. The summed E-state index contributed by atoms with van der Waals surface area (Å²) in [5, 5.41) is 0.126. The van der Waals surface area contributed by atoms with Gasteiger partial charge >= 0.3 is 0 Å². The second-order valence-corrected chi connectivity index (χ2v) is 11.6. The van der Waals surface area contributed by atoms with E-state index in [0.29, 0.717) is 4.91 Å². The van der Waals surface area contributed by atoms with Gasteiger partial charge in [-0.15, -0.1) is 11.0 Å². The molecule has 182 valence electrons. The van der Waals surface area contributed by atoms with Gasteiger partial charge in [-0.1, -0.05) is 57.2 Å². The minimum atomic E-state index is -3.97. The number of amides is 1. The summed E-state index contributed by atoms with van der Waals surface area (Å²) in [7, 11) is -1.96. The third kappa shape index (κ3) is 4.60. The van der Waals surface area contributed by atoms with Crippen molar-refractivity contribution in [2.24, 2.45) is 4.40 Å². The fraction of sp³-hybridized carbons (Fsp3) is 0.259. The first-order chi connectivity index (χ1) is 16.6. The molecule has 0 saturated carbocycles. The number of allylic oxidation sites excluding steroid dienone is 3. The summed E-state index contributed by atoms with van der Waals surface area (Å²) in [5.74, 6) is -0.294. The number of hydrogen-bond acceptors (Lipinski definition) is 5. The highest BCUT2D eigenvalue weighted by atomic mass is 32.2. The lowest BCUT2D eigenvalue weighted by Gasteiger charge is -2.23. The standard InChI is InChI=1S/C27H29N3O3S2/c1-6-18-30-25(31)23(16-17-24-27(3,4)21-10-8-9-11-22(21)29(24)5)34-26(30)28-35(32,33)20-14-12-19(7-2)13-15-20/h6,8-17H,1,7,18H2,2-5H3/b23-16-,24-17+,28-26-. The molecular weight excluding hydrogens is 478 g/mol. The molecule has 2 aromatic rings. The maximum Gasteiger partial charge on any atom is 0.284 e. The average molecular weight is 508 g/mol. The van der Waals surface area contributed by atoms with Gasteiger partial charge in [-0.3, -0.25) is 9.69 Å². The Morgan fingerprint density at radius 1 is 1.09 bits per heavy atom.